The van der Waals surface area contributed by atoms with Crippen molar-refractivity contribution in [2.75, 3.05) is 13.2 Å². The second kappa shape index (κ2) is 8.07. The SMILES string of the molecule is CCCCc1ccc(-c2ccc(C3(Cn4ccnc4)OCCO3)cc2)cc1. The van der Waals surface area contributed by atoms with Crippen LogP contribution in [0.1, 0.15) is 30.9 Å². The van der Waals surface area contributed by atoms with Crippen molar-refractivity contribution < 1.29 is 9.47 Å². The first-order valence-corrected chi connectivity index (χ1v) is 9.72. The van der Waals surface area contributed by atoms with Crippen LogP contribution in [0.25, 0.3) is 11.1 Å². The van der Waals surface area contributed by atoms with Crippen molar-refractivity contribution in [3.05, 3.63) is 78.4 Å². The van der Waals surface area contributed by atoms with Crippen molar-refractivity contribution >= 4 is 0 Å². The van der Waals surface area contributed by atoms with Crippen LogP contribution in [0, 0.1) is 0 Å². The van der Waals surface area contributed by atoms with Crippen molar-refractivity contribution in [1.82, 2.24) is 9.55 Å². The Morgan fingerprint density at radius 1 is 0.963 bits per heavy atom. The van der Waals surface area contributed by atoms with E-state index in [1.54, 1.807) is 12.5 Å². The minimum atomic E-state index is -0.733. The molecule has 1 fully saturated rings. The normalized spacial score (nSPS) is 15.9. The van der Waals surface area contributed by atoms with Gasteiger partial charge in [0.25, 0.3) is 0 Å². The number of hydrogen-bond acceptors (Lipinski definition) is 3. The van der Waals surface area contributed by atoms with E-state index in [1.807, 2.05) is 10.8 Å². The monoisotopic (exact) mass is 362 g/mol. The molecule has 4 nitrogen and oxygen atoms in total. The van der Waals surface area contributed by atoms with Crippen LogP contribution in [-0.2, 0) is 28.2 Å². The van der Waals surface area contributed by atoms with Crippen molar-refractivity contribution in [2.45, 2.75) is 38.5 Å². The first-order chi connectivity index (χ1) is 13.3. The zero-order valence-corrected chi connectivity index (χ0v) is 15.8. The maximum absolute atomic E-state index is 6.03. The van der Waals surface area contributed by atoms with Crippen LogP contribution in [0.5, 0.6) is 0 Å². The molecule has 1 aliphatic heterocycles. The summed E-state index contributed by atoms with van der Waals surface area (Å²) in [5.74, 6) is -0.733. The van der Waals surface area contributed by atoms with E-state index in [-0.39, 0.29) is 0 Å². The number of aryl methyl sites for hydroxylation is 1. The molecule has 27 heavy (non-hydrogen) atoms. The molecule has 1 aromatic heterocycles. The first kappa shape index (κ1) is 18.0. The molecule has 140 valence electrons. The Morgan fingerprint density at radius 2 is 1.63 bits per heavy atom. The molecule has 0 bridgehead atoms. The van der Waals surface area contributed by atoms with Crippen LogP contribution in [0.15, 0.2) is 67.3 Å². The van der Waals surface area contributed by atoms with Crippen molar-refractivity contribution in [3.63, 3.8) is 0 Å². The fourth-order valence-corrected chi connectivity index (χ4v) is 3.59. The summed E-state index contributed by atoms with van der Waals surface area (Å²) in [4.78, 5) is 4.12. The van der Waals surface area contributed by atoms with Crippen LogP contribution in [0.3, 0.4) is 0 Å². The lowest BCUT2D eigenvalue weighted by molar-refractivity contribution is -0.176. The van der Waals surface area contributed by atoms with Gasteiger partial charge in [0.1, 0.15) is 0 Å². The molecule has 4 heteroatoms. The Morgan fingerprint density at radius 3 is 2.22 bits per heavy atom. The van der Waals surface area contributed by atoms with E-state index in [2.05, 4.69) is 60.4 Å². The average Bonchev–Trinajstić information content (AvgIpc) is 3.40. The molecule has 4 rings (SSSR count). The Balaban J connectivity index is 1.54. The Bertz CT molecular complexity index is 833. The highest BCUT2D eigenvalue weighted by Crippen LogP contribution is 2.34. The van der Waals surface area contributed by atoms with Gasteiger partial charge in [-0.3, -0.25) is 0 Å². The molecule has 0 spiro atoms. The highest BCUT2D eigenvalue weighted by molar-refractivity contribution is 5.64. The van der Waals surface area contributed by atoms with Crippen LogP contribution >= 0.6 is 0 Å². The number of imidazole rings is 1. The van der Waals surface area contributed by atoms with Gasteiger partial charge in [0.2, 0.25) is 5.79 Å². The van der Waals surface area contributed by atoms with Gasteiger partial charge in [-0.05, 0) is 29.5 Å². The molecule has 1 saturated heterocycles. The number of rotatable bonds is 7. The highest BCUT2D eigenvalue weighted by atomic mass is 16.7. The van der Waals surface area contributed by atoms with Crippen LogP contribution in [0.4, 0.5) is 0 Å². The summed E-state index contributed by atoms with van der Waals surface area (Å²) in [7, 11) is 0. The maximum atomic E-state index is 6.03. The summed E-state index contributed by atoms with van der Waals surface area (Å²) in [6.45, 7) is 4.04. The quantitative estimate of drug-likeness (QED) is 0.606. The number of unbranched alkanes of at least 4 members (excludes halogenated alkanes) is 1. The van der Waals surface area contributed by atoms with Crippen molar-refractivity contribution in [2.24, 2.45) is 0 Å². The van der Waals surface area contributed by atoms with Crippen LogP contribution in [-0.4, -0.2) is 22.8 Å². The third-order valence-electron chi connectivity index (χ3n) is 5.13. The predicted molar refractivity (Wildman–Crippen MR) is 106 cm³/mol. The molecular weight excluding hydrogens is 336 g/mol. The lowest BCUT2D eigenvalue weighted by Gasteiger charge is -2.28. The van der Waals surface area contributed by atoms with E-state index in [0.29, 0.717) is 19.8 Å². The summed E-state index contributed by atoms with van der Waals surface area (Å²) in [6, 6.07) is 17.4. The number of benzene rings is 2. The Hall–Kier alpha value is -2.43. The van der Waals surface area contributed by atoms with E-state index < -0.39 is 5.79 Å². The van der Waals surface area contributed by atoms with Gasteiger partial charge in [-0.1, -0.05) is 61.9 Å². The minimum absolute atomic E-state index is 0.596. The smallest absolute Gasteiger partial charge is 0.213 e. The van der Waals surface area contributed by atoms with Gasteiger partial charge in [0.05, 0.1) is 26.1 Å². The average molecular weight is 362 g/mol. The lowest BCUT2D eigenvalue weighted by atomic mass is 9.98. The second-order valence-corrected chi connectivity index (χ2v) is 7.06. The molecule has 0 atom stereocenters. The van der Waals surface area contributed by atoms with Gasteiger partial charge in [-0.15, -0.1) is 0 Å². The molecule has 0 N–H and O–H groups in total. The van der Waals surface area contributed by atoms with E-state index in [9.17, 15) is 0 Å². The molecule has 0 amide bonds. The fraction of sp³-hybridized carbons (Fsp3) is 0.348. The van der Waals surface area contributed by atoms with E-state index >= 15 is 0 Å². The molecule has 2 heterocycles. The van der Waals surface area contributed by atoms with Crippen molar-refractivity contribution in [1.29, 1.82) is 0 Å². The summed E-state index contributed by atoms with van der Waals surface area (Å²) in [5.41, 5.74) is 4.89. The van der Waals surface area contributed by atoms with Crippen molar-refractivity contribution in [3.8, 4) is 11.1 Å². The fourth-order valence-electron chi connectivity index (χ4n) is 3.59. The zero-order chi connectivity index (χ0) is 18.5. The summed E-state index contributed by atoms with van der Waals surface area (Å²) < 4.78 is 14.1. The third-order valence-corrected chi connectivity index (χ3v) is 5.13. The van der Waals surface area contributed by atoms with Crippen LogP contribution in [0.2, 0.25) is 0 Å². The zero-order valence-electron chi connectivity index (χ0n) is 15.8. The van der Waals surface area contributed by atoms with Gasteiger partial charge < -0.3 is 14.0 Å². The topological polar surface area (TPSA) is 36.3 Å². The van der Waals surface area contributed by atoms with E-state index in [0.717, 1.165) is 12.0 Å². The molecule has 0 radical (unpaired) electrons. The highest BCUT2D eigenvalue weighted by Gasteiger charge is 2.39. The van der Waals surface area contributed by atoms with Gasteiger partial charge in [0.15, 0.2) is 0 Å². The summed E-state index contributed by atoms with van der Waals surface area (Å²) in [6.07, 6.45) is 9.13. The first-order valence-electron chi connectivity index (χ1n) is 9.72. The Labute approximate surface area is 160 Å². The summed E-state index contributed by atoms with van der Waals surface area (Å²) >= 11 is 0. The molecule has 0 aliphatic carbocycles. The molecule has 0 unspecified atom stereocenters. The van der Waals surface area contributed by atoms with Gasteiger partial charge >= 0.3 is 0 Å². The number of aromatic nitrogens is 2. The van der Waals surface area contributed by atoms with Gasteiger partial charge in [-0.25, -0.2) is 4.98 Å². The molecule has 2 aromatic carbocycles. The van der Waals surface area contributed by atoms with Gasteiger partial charge in [-0.2, -0.15) is 0 Å². The largest absolute Gasteiger partial charge is 0.342 e. The van der Waals surface area contributed by atoms with Gasteiger partial charge in [0, 0.05) is 18.0 Å². The number of hydrogen-bond donors (Lipinski definition) is 0. The van der Waals surface area contributed by atoms with E-state index in [4.69, 9.17) is 9.47 Å². The maximum Gasteiger partial charge on any atom is 0.213 e. The molecule has 1 aliphatic rings. The van der Waals surface area contributed by atoms with E-state index in [1.165, 1.54) is 29.5 Å². The molecule has 0 saturated carbocycles. The minimum Gasteiger partial charge on any atom is -0.342 e. The number of nitrogens with zero attached hydrogens (tertiary/aromatic N) is 2. The second-order valence-electron chi connectivity index (χ2n) is 7.06. The predicted octanol–water partition coefficient (Wildman–Crippen LogP) is 4.79. The molecular formula is C23H26N2O2. The van der Waals surface area contributed by atoms with Crippen LogP contribution < -0.4 is 0 Å². The molecule has 3 aromatic rings. The summed E-state index contributed by atoms with van der Waals surface area (Å²) in [5, 5.41) is 0. The number of ether oxygens (including phenoxy) is 2. The third kappa shape index (κ3) is 3.97. The lowest BCUT2D eigenvalue weighted by Crippen LogP contribution is -2.32. The standard InChI is InChI=1S/C23H26N2O2/c1-2-3-4-19-5-7-20(8-6-19)21-9-11-22(12-10-21)23(26-15-16-27-23)17-25-14-13-24-18-25/h5-14,18H,2-4,15-17H2,1H3. The Kier molecular flexibility index (Phi) is 5.37.